The molecule has 0 unspecified atom stereocenters. The van der Waals surface area contributed by atoms with Crippen LogP contribution >= 0.6 is 0 Å². The summed E-state index contributed by atoms with van der Waals surface area (Å²) in [7, 11) is 3.36. The third-order valence-corrected chi connectivity index (χ3v) is 4.39. The van der Waals surface area contributed by atoms with Crippen LogP contribution in [0.1, 0.15) is 0 Å². The third kappa shape index (κ3) is 7.40. The van der Waals surface area contributed by atoms with E-state index in [4.69, 9.17) is 9.47 Å². The maximum atomic E-state index is 5.11. The SMILES string of the molecule is COc1ccc(-c2ccccc2)cc1.COc1ccc(-c2ccccc2)cc1.[SeH][SeH]. The van der Waals surface area contributed by atoms with Gasteiger partial charge in [0, 0.05) is 0 Å². The second kappa shape index (κ2) is 13.7. The summed E-state index contributed by atoms with van der Waals surface area (Å²) in [5.41, 5.74) is 4.89. The number of benzene rings is 4. The summed E-state index contributed by atoms with van der Waals surface area (Å²) in [6.45, 7) is 0. The molecule has 154 valence electrons. The van der Waals surface area contributed by atoms with Crippen molar-refractivity contribution in [1.29, 1.82) is 0 Å². The molecule has 30 heavy (non-hydrogen) atoms. The Morgan fingerprint density at radius 1 is 0.400 bits per heavy atom. The molecule has 0 fully saturated rings. The van der Waals surface area contributed by atoms with E-state index >= 15 is 0 Å². The Bertz CT molecular complexity index is 872. The fraction of sp³-hybridized carbons (Fsp3) is 0.0769. The molecule has 0 radical (unpaired) electrons. The van der Waals surface area contributed by atoms with Gasteiger partial charge in [-0.1, -0.05) is 84.9 Å². The molecule has 0 atom stereocenters. The van der Waals surface area contributed by atoms with Crippen LogP contribution in [-0.4, -0.2) is 42.6 Å². The molecule has 2 nitrogen and oxygen atoms in total. The summed E-state index contributed by atoms with van der Waals surface area (Å²) in [5, 5.41) is 0. The monoisotopic (exact) mass is 530 g/mol. The van der Waals surface area contributed by atoms with Gasteiger partial charge in [0.15, 0.2) is 0 Å². The quantitative estimate of drug-likeness (QED) is 0.329. The molecule has 4 heteroatoms. The van der Waals surface area contributed by atoms with Gasteiger partial charge in [0.05, 0.1) is 14.2 Å². The van der Waals surface area contributed by atoms with Gasteiger partial charge in [-0.2, -0.15) is 0 Å². The predicted octanol–water partition coefficient (Wildman–Crippen LogP) is 5.43. The van der Waals surface area contributed by atoms with E-state index in [0.717, 1.165) is 11.5 Å². The summed E-state index contributed by atoms with van der Waals surface area (Å²) < 4.78 is 10.2. The molecule has 0 aliphatic rings. The van der Waals surface area contributed by atoms with Crippen LogP contribution in [0.3, 0.4) is 0 Å². The number of ether oxygens (including phenoxy) is 2. The second-order valence-electron chi connectivity index (χ2n) is 6.19. The standard InChI is InChI=1S/2C13H12O.H2Se2/c2*1-14-13-9-7-12(8-10-13)11-5-3-2-4-6-11;1-2/h2*2-10H,1H3;1-2H. The topological polar surface area (TPSA) is 18.5 Å². The molecule has 0 aromatic heterocycles. The molecule has 0 amide bonds. The number of hydrogen-bond donors (Lipinski definition) is 0. The summed E-state index contributed by atoms with van der Waals surface area (Å²) in [4.78, 5) is 0. The van der Waals surface area contributed by atoms with Crippen molar-refractivity contribution < 1.29 is 9.47 Å². The summed E-state index contributed by atoms with van der Waals surface area (Å²) in [6.07, 6.45) is 0. The van der Waals surface area contributed by atoms with Crippen molar-refractivity contribution in [3.05, 3.63) is 109 Å². The van der Waals surface area contributed by atoms with Crippen LogP contribution in [-0.2, 0) is 0 Å². The first-order chi connectivity index (χ1) is 14.8. The minimum atomic E-state index is 0.893. The molecule has 0 saturated carbocycles. The predicted molar refractivity (Wildman–Crippen MR) is 131 cm³/mol. The van der Waals surface area contributed by atoms with Crippen LogP contribution in [0.4, 0.5) is 0 Å². The van der Waals surface area contributed by atoms with Crippen LogP contribution in [0.15, 0.2) is 109 Å². The van der Waals surface area contributed by atoms with Gasteiger partial charge in [-0.25, -0.2) is 0 Å². The number of methoxy groups -OCH3 is 2. The van der Waals surface area contributed by atoms with Gasteiger partial charge >= 0.3 is 28.4 Å². The van der Waals surface area contributed by atoms with E-state index < -0.39 is 0 Å². The zero-order chi connectivity index (χ0) is 21.6. The maximum absolute atomic E-state index is 5.11. The van der Waals surface area contributed by atoms with Gasteiger partial charge in [-0.3, -0.25) is 0 Å². The first kappa shape index (κ1) is 23.8. The molecule has 0 N–H and O–H groups in total. The van der Waals surface area contributed by atoms with Gasteiger partial charge in [0.1, 0.15) is 11.5 Å². The fourth-order valence-corrected chi connectivity index (χ4v) is 2.83. The van der Waals surface area contributed by atoms with Crippen molar-refractivity contribution in [3.63, 3.8) is 0 Å². The van der Waals surface area contributed by atoms with Gasteiger partial charge in [-0.05, 0) is 46.5 Å². The molecular weight excluding hydrogens is 502 g/mol. The van der Waals surface area contributed by atoms with Crippen LogP contribution in [0, 0.1) is 0 Å². The molecule has 0 aliphatic heterocycles. The average Bonchev–Trinajstić information content (AvgIpc) is 2.87. The van der Waals surface area contributed by atoms with Crippen LogP contribution < -0.4 is 9.47 Å². The van der Waals surface area contributed by atoms with Crippen LogP contribution in [0.2, 0.25) is 0 Å². The fourth-order valence-electron chi connectivity index (χ4n) is 2.83. The van der Waals surface area contributed by atoms with Crippen molar-refractivity contribution >= 4 is 28.4 Å². The molecule has 4 aromatic rings. The molecule has 0 spiro atoms. The van der Waals surface area contributed by atoms with Crippen molar-refractivity contribution in [2.45, 2.75) is 0 Å². The Hall–Kier alpha value is -2.48. The van der Waals surface area contributed by atoms with E-state index in [2.05, 4.69) is 76.9 Å². The first-order valence-electron chi connectivity index (χ1n) is 9.39. The van der Waals surface area contributed by atoms with E-state index in [1.807, 2.05) is 60.7 Å². The van der Waals surface area contributed by atoms with Gasteiger partial charge in [-0.15, -0.1) is 0 Å². The molecule has 0 heterocycles. The van der Waals surface area contributed by atoms with E-state index in [-0.39, 0.29) is 0 Å². The molecule has 0 bridgehead atoms. The molecule has 4 rings (SSSR count). The normalized spacial score (nSPS) is 9.33. The van der Waals surface area contributed by atoms with Crippen molar-refractivity contribution in [2.75, 3.05) is 14.2 Å². The van der Waals surface area contributed by atoms with E-state index in [1.165, 1.54) is 22.3 Å². The van der Waals surface area contributed by atoms with Gasteiger partial charge in [0.2, 0.25) is 0 Å². The molecule has 0 aliphatic carbocycles. The third-order valence-electron chi connectivity index (χ3n) is 4.39. The zero-order valence-electron chi connectivity index (χ0n) is 17.1. The number of hydrogen-bond acceptors (Lipinski definition) is 2. The molecule has 0 saturated heterocycles. The van der Waals surface area contributed by atoms with E-state index in [0.29, 0.717) is 0 Å². The Labute approximate surface area is 194 Å². The summed E-state index contributed by atoms with van der Waals surface area (Å²) in [5.74, 6) is 1.79. The Balaban J connectivity index is 0.000000197. The van der Waals surface area contributed by atoms with Crippen molar-refractivity contribution in [2.24, 2.45) is 0 Å². The zero-order valence-corrected chi connectivity index (χ0v) is 20.9. The Morgan fingerprint density at radius 3 is 0.933 bits per heavy atom. The van der Waals surface area contributed by atoms with Crippen molar-refractivity contribution in [3.8, 4) is 33.8 Å². The molecule has 4 aromatic carbocycles. The van der Waals surface area contributed by atoms with Crippen LogP contribution in [0.25, 0.3) is 22.3 Å². The minimum absolute atomic E-state index is 0.893. The Kier molecular flexibility index (Phi) is 10.9. The van der Waals surface area contributed by atoms with E-state index in [1.54, 1.807) is 14.2 Å². The second-order valence-corrected chi connectivity index (χ2v) is 6.19. The number of rotatable bonds is 4. The van der Waals surface area contributed by atoms with Crippen LogP contribution in [0.5, 0.6) is 11.5 Å². The first-order valence-corrected chi connectivity index (χ1v) is 14.6. The van der Waals surface area contributed by atoms with Gasteiger partial charge in [0.25, 0.3) is 0 Å². The summed E-state index contributed by atoms with van der Waals surface area (Å²) in [6, 6.07) is 36.8. The van der Waals surface area contributed by atoms with E-state index in [9.17, 15) is 0 Å². The van der Waals surface area contributed by atoms with Crippen molar-refractivity contribution in [1.82, 2.24) is 0 Å². The molecular formula is C26H26O2Se2. The Morgan fingerprint density at radius 2 is 0.667 bits per heavy atom. The van der Waals surface area contributed by atoms with Gasteiger partial charge < -0.3 is 9.47 Å². The summed E-state index contributed by atoms with van der Waals surface area (Å²) >= 11 is 4.50. The average molecular weight is 528 g/mol.